The maximum Gasteiger partial charge on any atom is 0.349 e. The van der Waals surface area contributed by atoms with Crippen molar-refractivity contribution in [3.8, 4) is 0 Å². The molecule has 0 unspecified atom stereocenters. The molecule has 76 valence electrons. The van der Waals surface area contributed by atoms with Gasteiger partial charge in [-0.15, -0.1) is 11.3 Å². The molecule has 0 aromatic carbocycles. The second kappa shape index (κ2) is 4.23. The van der Waals surface area contributed by atoms with Gasteiger partial charge in [0.2, 0.25) is 0 Å². The van der Waals surface area contributed by atoms with Crippen LogP contribution < -0.4 is 5.73 Å². The summed E-state index contributed by atoms with van der Waals surface area (Å²) < 4.78 is 4.81. The van der Waals surface area contributed by atoms with Crippen LogP contribution in [0.2, 0.25) is 0 Å². The smallest absolute Gasteiger partial charge is 0.349 e. The van der Waals surface area contributed by atoms with E-state index >= 15 is 0 Å². The number of ether oxygens (including phenoxy) is 1. The fourth-order valence-electron chi connectivity index (χ4n) is 0.821. The monoisotopic (exact) mass is 213 g/mol. The Hall–Kier alpha value is -1.36. The number of thiophene rings is 1. The van der Waals surface area contributed by atoms with Crippen LogP contribution in [-0.2, 0) is 9.53 Å². The highest BCUT2D eigenvalue weighted by Crippen LogP contribution is 2.16. The molecule has 0 spiro atoms. The molecule has 1 aromatic heterocycles. The Bertz CT molecular complexity index is 359. The first-order valence-corrected chi connectivity index (χ1v) is 4.89. The molecule has 1 atom stereocenters. The Kier molecular flexibility index (Phi) is 3.24. The summed E-state index contributed by atoms with van der Waals surface area (Å²) in [6.07, 6.45) is -0.884. The van der Waals surface area contributed by atoms with Gasteiger partial charge in [-0.05, 0) is 26.0 Å². The van der Waals surface area contributed by atoms with Gasteiger partial charge in [0.25, 0.3) is 5.91 Å². The number of primary amides is 1. The van der Waals surface area contributed by atoms with Crippen LogP contribution in [0.5, 0.6) is 0 Å². The average molecular weight is 213 g/mol. The number of esters is 1. The third kappa shape index (κ3) is 2.56. The van der Waals surface area contributed by atoms with Gasteiger partial charge in [0.15, 0.2) is 6.10 Å². The number of aryl methyl sites for hydroxylation is 1. The van der Waals surface area contributed by atoms with E-state index in [4.69, 9.17) is 10.5 Å². The third-order valence-corrected chi connectivity index (χ3v) is 2.61. The van der Waals surface area contributed by atoms with Gasteiger partial charge in [-0.25, -0.2) is 4.79 Å². The summed E-state index contributed by atoms with van der Waals surface area (Å²) in [6, 6.07) is 3.48. The Balaban J connectivity index is 2.63. The van der Waals surface area contributed by atoms with E-state index in [1.54, 1.807) is 6.07 Å². The minimum atomic E-state index is -0.884. The highest BCUT2D eigenvalue weighted by atomic mass is 32.1. The number of carbonyl (C=O) groups is 2. The summed E-state index contributed by atoms with van der Waals surface area (Å²) >= 11 is 1.32. The van der Waals surface area contributed by atoms with Crippen molar-refractivity contribution in [2.75, 3.05) is 0 Å². The predicted octanol–water partition coefficient (Wildman–Crippen LogP) is 1.09. The maximum absolute atomic E-state index is 11.4. The lowest BCUT2D eigenvalue weighted by Gasteiger charge is -2.07. The Labute approximate surface area is 85.7 Å². The van der Waals surface area contributed by atoms with Crippen molar-refractivity contribution in [1.82, 2.24) is 0 Å². The molecule has 2 N–H and O–H groups in total. The van der Waals surface area contributed by atoms with E-state index in [1.165, 1.54) is 18.3 Å². The lowest BCUT2D eigenvalue weighted by atomic mass is 10.4. The van der Waals surface area contributed by atoms with Crippen LogP contribution in [0.15, 0.2) is 12.1 Å². The normalized spacial score (nSPS) is 12.1. The topological polar surface area (TPSA) is 69.4 Å². The Morgan fingerprint density at radius 2 is 2.14 bits per heavy atom. The summed E-state index contributed by atoms with van der Waals surface area (Å²) in [5, 5.41) is 0. The summed E-state index contributed by atoms with van der Waals surface area (Å²) in [7, 11) is 0. The number of hydrogen-bond acceptors (Lipinski definition) is 4. The zero-order valence-corrected chi connectivity index (χ0v) is 8.76. The zero-order valence-electron chi connectivity index (χ0n) is 7.94. The SMILES string of the molecule is Cc1ccc(C(=O)O[C@@H](C)C(N)=O)s1. The van der Waals surface area contributed by atoms with E-state index in [0.717, 1.165) is 4.88 Å². The van der Waals surface area contributed by atoms with Gasteiger partial charge in [-0.3, -0.25) is 4.79 Å². The van der Waals surface area contributed by atoms with Crippen molar-refractivity contribution in [2.24, 2.45) is 5.73 Å². The first-order chi connectivity index (χ1) is 6.50. The van der Waals surface area contributed by atoms with E-state index in [9.17, 15) is 9.59 Å². The van der Waals surface area contributed by atoms with Crippen LogP contribution in [0.4, 0.5) is 0 Å². The molecule has 1 heterocycles. The van der Waals surface area contributed by atoms with E-state index in [-0.39, 0.29) is 0 Å². The van der Waals surface area contributed by atoms with Gasteiger partial charge in [0.1, 0.15) is 4.88 Å². The second-order valence-electron chi connectivity index (χ2n) is 2.86. The van der Waals surface area contributed by atoms with E-state index < -0.39 is 18.0 Å². The van der Waals surface area contributed by atoms with Gasteiger partial charge < -0.3 is 10.5 Å². The van der Waals surface area contributed by atoms with Crippen LogP contribution in [0.3, 0.4) is 0 Å². The molecular formula is C9H11NO3S. The third-order valence-electron chi connectivity index (χ3n) is 1.63. The van der Waals surface area contributed by atoms with E-state index in [2.05, 4.69) is 0 Å². The molecule has 5 heteroatoms. The molecule has 0 radical (unpaired) electrons. The first-order valence-electron chi connectivity index (χ1n) is 4.07. The molecular weight excluding hydrogens is 202 g/mol. The minimum Gasteiger partial charge on any atom is -0.448 e. The molecule has 0 saturated heterocycles. The molecule has 4 nitrogen and oxygen atoms in total. The Morgan fingerprint density at radius 3 is 2.57 bits per heavy atom. The minimum absolute atomic E-state index is 0.482. The molecule has 0 aliphatic heterocycles. The van der Waals surface area contributed by atoms with Gasteiger partial charge in [0.05, 0.1) is 0 Å². The molecule has 0 aliphatic carbocycles. The molecule has 0 aliphatic rings. The van der Waals surface area contributed by atoms with Gasteiger partial charge in [0, 0.05) is 4.88 Å². The highest BCUT2D eigenvalue weighted by molar-refractivity contribution is 7.13. The summed E-state index contributed by atoms with van der Waals surface area (Å²) in [5.74, 6) is -1.15. The Morgan fingerprint density at radius 1 is 1.50 bits per heavy atom. The fourth-order valence-corrected chi connectivity index (χ4v) is 1.57. The van der Waals surface area contributed by atoms with E-state index in [1.807, 2.05) is 13.0 Å². The molecule has 0 saturated carbocycles. The van der Waals surface area contributed by atoms with Crippen LogP contribution in [0, 0.1) is 6.92 Å². The summed E-state index contributed by atoms with van der Waals surface area (Å²) in [4.78, 5) is 23.5. The van der Waals surface area contributed by atoms with Crippen molar-refractivity contribution in [3.63, 3.8) is 0 Å². The quantitative estimate of drug-likeness (QED) is 0.764. The summed E-state index contributed by atoms with van der Waals surface area (Å²) in [6.45, 7) is 3.33. The molecule has 0 fully saturated rings. The van der Waals surface area contributed by atoms with Crippen molar-refractivity contribution < 1.29 is 14.3 Å². The predicted molar refractivity (Wildman–Crippen MR) is 53.1 cm³/mol. The number of hydrogen-bond donors (Lipinski definition) is 1. The molecule has 1 amide bonds. The largest absolute Gasteiger partial charge is 0.448 e. The van der Waals surface area contributed by atoms with Crippen LogP contribution in [0.1, 0.15) is 21.5 Å². The summed E-state index contributed by atoms with van der Waals surface area (Å²) in [5.41, 5.74) is 4.95. The second-order valence-corrected chi connectivity index (χ2v) is 4.15. The average Bonchev–Trinajstić information content (AvgIpc) is 2.51. The lowest BCUT2D eigenvalue weighted by molar-refractivity contribution is -0.125. The molecule has 1 rings (SSSR count). The highest BCUT2D eigenvalue weighted by Gasteiger charge is 2.16. The molecule has 14 heavy (non-hydrogen) atoms. The van der Waals surface area contributed by atoms with Crippen LogP contribution in [0.25, 0.3) is 0 Å². The van der Waals surface area contributed by atoms with Gasteiger partial charge in [-0.1, -0.05) is 0 Å². The zero-order chi connectivity index (χ0) is 10.7. The van der Waals surface area contributed by atoms with Crippen molar-refractivity contribution in [1.29, 1.82) is 0 Å². The van der Waals surface area contributed by atoms with Crippen molar-refractivity contribution in [2.45, 2.75) is 20.0 Å². The van der Waals surface area contributed by atoms with Gasteiger partial charge >= 0.3 is 5.97 Å². The number of amides is 1. The first kappa shape index (κ1) is 10.7. The lowest BCUT2D eigenvalue weighted by Crippen LogP contribution is -2.30. The van der Waals surface area contributed by atoms with Crippen molar-refractivity contribution in [3.05, 3.63) is 21.9 Å². The molecule has 0 bridgehead atoms. The maximum atomic E-state index is 11.4. The number of nitrogens with two attached hydrogens (primary N) is 1. The molecule has 1 aromatic rings. The van der Waals surface area contributed by atoms with E-state index in [0.29, 0.717) is 4.88 Å². The number of carbonyl (C=O) groups excluding carboxylic acids is 2. The van der Waals surface area contributed by atoms with Crippen molar-refractivity contribution >= 4 is 23.2 Å². The van der Waals surface area contributed by atoms with Crippen LogP contribution >= 0.6 is 11.3 Å². The van der Waals surface area contributed by atoms with Crippen LogP contribution in [-0.4, -0.2) is 18.0 Å². The van der Waals surface area contributed by atoms with Gasteiger partial charge in [-0.2, -0.15) is 0 Å². The fraction of sp³-hybridized carbons (Fsp3) is 0.333. The standard InChI is InChI=1S/C9H11NO3S/c1-5-3-4-7(14-5)9(12)13-6(2)8(10)11/h3-4,6H,1-2H3,(H2,10,11)/t6-/m0/s1. The number of rotatable bonds is 3.